The van der Waals surface area contributed by atoms with Crippen molar-refractivity contribution in [2.24, 2.45) is 0 Å². The molecule has 32 heavy (non-hydrogen) atoms. The van der Waals surface area contributed by atoms with E-state index in [4.69, 9.17) is 4.74 Å². The van der Waals surface area contributed by atoms with Gasteiger partial charge in [-0.3, -0.25) is 9.59 Å². The molecule has 0 saturated carbocycles. The lowest BCUT2D eigenvalue weighted by atomic mass is 10.1. The molecule has 0 aliphatic rings. The van der Waals surface area contributed by atoms with E-state index in [1.807, 2.05) is 42.5 Å². The third-order valence-corrected chi connectivity index (χ3v) is 5.06. The molecule has 4 aromatic rings. The van der Waals surface area contributed by atoms with Gasteiger partial charge in [-0.05, 0) is 17.7 Å². The van der Waals surface area contributed by atoms with Crippen LogP contribution in [0.25, 0.3) is 21.8 Å². The van der Waals surface area contributed by atoms with Crippen molar-refractivity contribution < 1.29 is 24.2 Å². The highest BCUT2D eigenvalue weighted by Crippen LogP contribution is 2.28. The second-order valence-electron chi connectivity index (χ2n) is 7.31. The van der Waals surface area contributed by atoms with Crippen molar-refractivity contribution in [1.82, 2.24) is 15.3 Å². The molecule has 2 aromatic heterocycles. The molecule has 0 bridgehead atoms. The van der Waals surface area contributed by atoms with E-state index in [9.17, 15) is 19.5 Å². The average Bonchev–Trinajstić information content (AvgIpc) is 3.19. The number of rotatable bonds is 7. The van der Waals surface area contributed by atoms with Crippen LogP contribution in [0, 0.1) is 0 Å². The van der Waals surface area contributed by atoms with E-state index in [1.165, 1.54) is 6.92 Å². The number of para-hydroxylation sites is 1. The van der Waals surface area contributed by atoms with E-state index in [-0.39, 0.29) is 23.8 Å². The second kappa shape index (κ2) is 8.99. The molecule has 2 heterocycles. The molecule has 0 aliphatic heterocycles. The number of aliphatic hydroxyl groups excluding tert-OH is 1. The molecule has 0 aliphatic carbocycles. The summed E-state index contributed by atoms with van der Waals surface area (Å²) in [6.45, 7) is 0.737. The van der Waals surface area contributed by atoms with Crippen LogP contribution in [0.2, 0.25) is 0 Å². The van der Waals surface area contributed by atoms with Crippen molar-refractivity contribution in [2.45, 2.75) is 19.6 Å². The van der Waals surface area contributed by atoms with Crippen molar-refractivity contribution in [1.29, 1.82) is 0 Å². The van der Waals surface area contributed by atoms with Crippen molar-refractivity contribution in [2.75, 3.05) is 6.61 Å². The van der Waals surface area contributed by atoms with E-state index >= 15 is 0 Å². The molecule has 0 unspecified atom stereocenters. The molecule has 0 fully saturated rings. The zero-order valence-electron chi connectivity index (χ0n) is 17.3. The normalized spacial score (nSPS) is 11.9. The standard InChI is InChI=1S/C24H21N3O5/c1-14(29)21-22-17(16-9-5-6-10-18(16)25-22)11-19(26-21)23(30)27-20(12-28)24(31)32-13-15-7-3-2-4-8-15/h2-11,20,25,28H,12-13H2,1H3,(H,27,30)/t20-/m0/s1. The number of esters is 1. The number of ketones is 1. The van der Waals surface area contributed by atoms with E-state index in [1.54, 1.807) is 18.2 Å². The second-order valence-corrected chi connectivity index (χ2v) is 7.31. The zero-order valence-corrected chi connectivity index (χ0v) is 17.3. The van der Waals surface area contributed by atoms with Crippen LogP contribution in [-0.2, 0) is 16.1 Å². The van der Waals surface area contributed by atoms with Gasteiger partial charge >= 0.3 is 5.97 Å². The van der Waals surface area contributed by atoms with Gasteiger partial charge in [0.25, 0.3) is 5.91 Å². The number of ether oxygens (including phenoxy) is 1. The summed E-state index contributed by atoms with van der Waals surface area (Å²) < 4.78 is 5.20. The number of amides is 1. The molecule has 0 spiro atoms. The zero-order chi connectivity index (χ0) is 22.7. The Morgan fingerprint density at radius 3 is 2.50 bits per heavy atom. The maximum Gasteiger partial charge on any atom is 0.331 e. The Hall–Kier alpha value is -4.04. The highest BCUT2D eigenvalue weighted by atomic mass is 16.5. The van der Waals surface area contributed by atoms with Crippen LogP contribution in [-0.4, -0.2) is 45.4 Å². The highest BCUT2D eigenvalue weighted by Gasteiger charge is 2.24. The molecule has 4 rings (SSSR count). The fourth-order valence-electron chi connectivity index (χ4n) is 3.46. The smallest absolute Gasteiger partial charge is 0.331 e. The molecule has 1 amide bonds. The molecule has 8 heteroatoms. The van der Waals surface area contributed by atoms with Crippen molar-refractivity contribution in [3.63, 3.8) is 0 Å². The van der Waals surface area contributed by atoms with Gasteiger partial charge in [0, 0.05) is 23.2 Å². The fourth-order valence-corrected chi connectivity index (χ4v) is 3.46. The summed E-state index contributed by atoms with van der Waals surface area (Å²) in [5.74, 6) is -1.78. The van der Waals surface area contributed by atoms with E-state index in [2.05, 4.69) is 15.3 Å². The number of nitrogens with one attached hydrogen (secondary N) is 2. The first-order valence-electron chi connectivity index (χ1n) is 10.0. The number of aliphatic hydroxyl groups is 1. The van der Waals surface area contributed by atoms with E-state index in [0.29, 0.717) is 10.9 Å². The third kappa shape index (κ3) is 4.21. The minimum atomic E-state index is -1.27. The number of hydrogen-bond donors (Lipinski definition) is 3. The van der Waals surface area contributed by atoms with E-state index in [0.717, 1.165) is 16.5 Å². The SMILES string of the molecule is CC(=O)c1nc(C(=O)N[C@@H](CO)C(=O)OCc2ccccc2)cc2c1[nH]c1ccccc12. The van der Waals surface area contributed by atoms with Gasteiger partial charge in [-0.25, -0.2) is 9.78 Å². The van der Waals surface area contributed by atoms with Crippen LogP contribution in [0.4, 0.5) is 0 Å². The molecular weight excluding hydrogens is 410 g/mol. The van der Waals surface area contributed by atoms with Gasteiger partial charge in [-0.1, -0.05) is 48.5 Å². The van der Waals surface area contributed by atoms with Crippen LogP contribution in [0.5, 0.6) is 0 Å². The topological polar surface area (TPSA) is 121 Å². The average molecular weight is 431 g/mol. The predicted octanol–water partition coefficient (Wildman–Crippen LogP) is 2.75. The van der Waals surface area contributed by atoms with E-state index < -0.39 is 24.5 Å². The molecule has 2 aromatic carbocycles. The number of pyridine rings is 1. The van der Waals surface area contributed by atoms with Crippen molar-refractivity contribution in [3.05, 3.63) is 77.6 Å². The summed E-state index contributed by atoms with van der Waals surface area (Å²) in [6, 6.07) is 16.8. The highest BCUT2D eigenvalue weighted by molar-refractivity contribution is 6.15. The third-order valence-electron chi connectivity index (χ3n) is 5.06. The lowest BCUT2D eigenvalue weighted by molar-refractivity contribution is -0.148. The predicted molar refractivity (Wildman–Crippen MR) is 118 cm³/mol. The fraction of sp³-hybridized carbons (Fsp3) is 0.167. The Balaban J connectivity index is 1.58. The summed E-state index contributed by atoms with van der Waals surface area (Å²) in [6.07, 6.45) is 0. The van der Waals surface area contributed by atoms with Gasteiger partial charge in [0.05, 0.1) is 12.1 Å². The van der Waals surface area contributed by atoms with Gasteiger partial charge in [-0.15, -0.1) is 0 Å². The van der Waals surface area contributed by atoms with Crippen LogP contribution in [0.1, 0.15) is 33.5 Å². The van der Waals surface area contributed by atoms with Gasteiger partial charge in [0.15, 0.2) is 11.8 Å². The van der Waals surface area contributed by atoms with Crippen molar-refractivity contribution in [3.8, 4) is 0 Å². The number of benzene rings is 2. The van der Waals surface area contributed by atoms with Gasteiger partial charge < -0.3 is 20.1 Å². The largest absolute Gasteiger partial charge is 0.459 e. The number of Topliss-reactive ketones (excluding diaryl/α,β-unsaturated/α-hetero) is 1. The molecule has 0 radical (unpaired) electrons. The Bertz CT molecular complexity index is 1310. The summed E-state index contributed by atoms with van der Waals surface area (Å²) >= 11 is 0. The van der Waals surface area contributed by atoms with Crippen LogP contribution in [0.15, 0.2) is 60.7 Å². The number of H-pyrrole nitrogens is 1. The maximum absolute atomic E-state index is 12.9. The number of carbonyl (C=O) groups is 3. The molecule has 3 N–H and O–H groups in total. The van der Waals surface area contributed by atoms with Crippen molar-refractivity contribution >= 4 is 39.5 Å². The molecule has 8 nitrogen and oxygen atoms in total. The number of aromatic amines is 1. The summed E-state index contributed by atoms with van der Waals surface area (Å²) in [7, 11) is 0. The minimum Gasteiger partial charge on any atom is -0.459 e. The number of aromatic nitrogens is 2. The van der Waals surface area contributed by atoms with Crippen LogP contribution in [0.3, 0.4) is 0 Å². The molecule has 162 valence electrons. The lowest BCUT2D eigenvalue weighted by Crippen LogP contribution is -2.44. The Kier molecular flexibility index (Phi) is 5.96. The van der Waals surface area contributed by atoms with Crippen LogP contribution >= 0.6 is 0 Å². The van der Waals surface area contributed by atoms with Crippen LogP contribution < -0.4 is 5.32 Å². The summed E-state index contributed by atoms with van der Waals surface area (Å²) in [5.41, 5.74) is 2.21. The first kappa shape index (κ1) is 21.2. The number of nitrogens with zero attached hydrogens (tertiary/aromatic N) is 1. The Morgan fingerprint density at radius 2 is 1.78 bits per heavy atom. The van der Waals surface area contributed by atoms with Gasteiger partial charge in [-0.2, -0.15) is 0 Å². The molecule has 1 atom stereocenters. The first-order valence-corrected chi connectivity index (χ1v) is 10.0. The molecular formula is C24H21N3O5. The van der Waals surface area contributed by atoms with Gasteiger partial charge in [0.2, 0.25) is 0 Å². The number of hydrogen-bond acceptors (Lipinski definition) is 6. The minimum absolute atomic E-state index is 0.0140. The summed E-state index contributed by atoms with van der Waals surface area (Å²) in [4.78, 5) is 44.8. The number of fused-ring (bicyclic) bond motifs is 3. The number of carbonyl (C=O) groups excluding carboxylic acids is 3. The maximum atomic E-state index is 12.9. The summed E-state index contributed by atoms with van der Waals surface area (Å²) in [5, 5.41) is 13.6. The quantitative estimate of drug-likeness (QED) is 0.306. The Morgan fingerprint density at radius 1 is 1.06 bits per heavy atom. The Labute approximate surface area is 183 Å². The lowest BCUT2D eigenvalue weighted by Gasteiger charge is -2.15. The molecule has 0 saturated heterocycles. The first-order chi connectivity index (χ1) is 15.5. The monoisotopic (exact) mass is 431 g/mol. The van der Waals surface area contributed by atoms with Gasteiger partial charge in [0.1, 0.15) is 18.0 Å².